The van der Waals surface area contributed by atoms with Crippen LogP contribution in [-0.4, -0.2) is 9.97 Å². The third kappa shape index (κ3) is 7.52. The van der Waals surface area contributed by atoms with Crippen molar-refractivity contribution >= 4 is 0 Å². The van der Waals surface area contributed by atoms with E-state index in [1.165, 1.54) is 94.6 Å². The van der Waals surface area contributed by atoms with Crippen molar-refractivity contribution in [1.29, 1.82) is 0 Å². The molecular formula is C28H42N2. The number of hydrogen-bond donors (Lipinski definition) is 0. The van der Waals surface area contributed by atoms with Crippen molar-refractivity contribution in [2.24, 2.45) is 11.8 Å². The summed E-state index contributed by atoms with van der Waals surface area (Å²) < 4.78 is 0. The minimum atomic E-state index is 0.885. The second-order valence-electron chi connectivity index (χ2n) is 9.46. The number of aryl methyl sites for hydroxylation is 2. The molecule has 0 bridgehead atoms. The Hall–Kier alpha value is -1.70. The monoisotopic (exact) mass is 406 g/mol. The number of unbranched alkanes of at least 4 members (excludes halogenated alkanes) is 4. The molecule has 1 saturated carbocycles. The van der Waals surface area contributed by atoms with Gasteiger partial charge in [-0.05, 0) is 42.2 Å². The molecule has 1 aliphatic rings. The molecule has 0 radical (unpaired) electrons. The molecule has 164 valence electrons. The van der Waals surface area contributed by atoms with E-state index in [2.05, 4.69) is 48.1 Å². The van der Waals surface area contributed by atoms with Gasteiger partial charge in [0.25, 0.3) is 0 Å². The number of rotatable bonds is 12. The van der Waals surface area contributed by atoms with Crippen LogP contribution in [0.2, 0.25) is 0 Å². The lowest BCUT2D eigenvalue weighted by atomic mass is 9.78. The topological polar surface area (TPSA) is 25.8 Å². The second kappa shape index (κ2) is 12.9. The summed E-state index contributed by atoms with van der Waals surface area (Å²) in [5, 5.41) is 0. The van der Waals surface area contributed by atoms with Crippen LogP contribution in [0, 0.1) is 11.8 Å². The van der Waals surface area contributed by atoms with Crippen molar-refractivity contribution in [1.82, 2.24) is 9.97 Å². The van der Waals surface area contributed by atoms with E-state index in [4.69, 9.17) is 0 Å². The number of hydrogen-bond acceptors (Lipinski definition) is 2. The van der Waals surface area contributed by atoms with E-state index in [1.807, 2.05) is 12.4 Å². The highest BCUT2D eigenvalue weighted by Gasteiger charge is 2.20. The lowest BCUT2D eigenvalue weighted by molar-refractivity contribution is 0.248. The van der Waals surface area contributed by atoms with Crippen molar-refractivity contribution in [3.05, 3.63) is 48.0 Å². The predicted octanol–water partition coefficient (Wildman–Crippen LogP) is 8.20. The van der Waals surface area contributed by atoms with Crippen LogP contribution in [0.3, 0.4) is 0 Å². The van der Waals surface area contributed by atoms with Crippen LogP contribution in [0.25, 0.3) is 11.1 Å². The Morgan fingerprint density at radius 3 is 1.90 bits per heavy atom. The van der Waals surface area contributed by atoms with Crippen molar-refractivity contribution in [2.75, 3.05) is 0 Å². The van der Waals surface area contributed by atoms with E-state index < -0.39 is 0 Å². The summed E-state index contributed by atoms with van der Waals surface area (Å²) in [4.78, 5) is 9.35. The first-order chi connectivity index (χ1) is 14.8. The van der Waals surface area contributed by atoms with Crippen LogP contribution in [0.5, 0.6) is 0 Å². The minimum Gasteiger partial charge on any atom is -0.241 e. The fraction of sp³-hybridized carbons (Fsp3) is 0.643. The molecule has 0 spiro atoms. The smallest absolute Gasteiger partial charge is 0.128 e. The lowest BCUT2D eigenvalue weighted by Gasteiger charge is -2.28. The first-order valence-electron chi connectivity index (χ1n) is 12.7. The molecule has 2 nitrogen and oxygen atoms in total. The molecule has 2 aromatic rings. The van der Waals surface area contributed by atoms with Crippen LogP contribution >= 0.6 is 0 Å². The van der Waals surface area contributed by atoms with E-state index in [0.29, 0.717) is 0 Å². The van der Waals surface area contributed by atoms with Gasteiger partial charge < -0.3 is 0 Å². The summed E-state index contributed by atoms with van der Waals surface area (Å²) in [5.74, 6) is 2.90. The zero-order valence-electron chi connectivity index (χ0n) is 19.4. The highest BCUT2D eigenvalue weighted by molar-refractivity contribution is 5.61. The maximum Gasteiger partial charge on any atom is 0.128 e. The SMILES string of the molecule is CCCCCc1ccc(-c2cnc(CC[C@H]3CC[C@H](CCCCC)CC3)nc2)cc1. The molecule has 3 rings (SSSR count). The molecule has 2 heteroatoms. The molecular weight excluding hydrogens is 364 g/mol. The average Bonchev–Trinajstić information content (AvgIpc) is 2.80. The molecule has 1 aromatic heterocycles. The normalized spacial score (nSPS) is 19.1. The van der Waals surface area contributed by atoms with E-state index in [0.717, 1.165) is 29.6 Å². The van der Waals surface area contributed by atoms with Gasteiger partial charge in [-0.2, -0.15) is 0 Å². The Labute approximate surface area is 184 Å². The fourth-order valence-electron chi connectivity index (χ4n) is 4.90. The molecule has 0 unspecified atom stereocenters. The highest BCUT2D eigenvalue weighted by atomic mass is 14.9. The van der Waals surface area contributed by atoms with E-state index in [1.54, 1.807) is 0 Å². The Kier molecular flexibility index (Phi) is 9.86. The summed E-state index contributed by atoms with van der Waals surface area (Å²) in [6.45, 7) is 4.56. The van der Waals surface area contributed by atoms with Crippen LogP contribution < -0.4 is 0 Å². The van der Waals surface area contributed by atoms with Crippen molar-refractivity contribution < 1.29 is 0 Å². The Balaban J connectivity index is 1.41. The molecule has 1 fully saturated rings. The number of aromatic nitrogens is 2. The second-order valence-corrected chi connectivity index (χ2v) is 9.46. The molecule has 0 aliphatic heterocycles. The van der Waals surface area contributed by atoms with E-state index in [9.17, 15) is 0 Å². The molecule has 30 heavy (non-hydrogen) atoms. The highest BCUT2D eigenvalue weighted by Crippen LogP contribution is 2.34. The van der Waals surface area contributed by atoms with Crippen LogP contribution in [0.4, 0.5) is 0 Å². The van der Waals surface area contributed by atoms with Crippen LogP contribution in [0.15, 0.2) is 36.7 Å². The van der Waals surface area contributed by atoms with Gasteiger partial charge in [-0.3, -0.25) is 0 Å². The molecule has 1 aliphatic carbocycles. The first kappa shape index (κ1) is 23.0. The summed E-state index contributed by atoms with van der Waals surface area (Å²) in [6.07, 6.45) is 22.8. The third-order valence-corrected chi connectivity index (χ3v) is 7.02. The summed E-state index contributed by atoms with van der Waals surface area (Å²) in [7, 11) is 0. The van der Waals surface area contributed by atoms with Crippen LogP contribution in [-0.2, 0) is 12.8 Å². The standard InChI is InChI=1S/C28H42N2/c1-3-5-7-9-23-11-13-25(14-12-23)17-20-28-29-21-27(22-30-28)26-18-15-24(16-19-26)10-8-6-4-2/h15-16,18-19,21-23,25H,3-14,17,20H2,1-2H3/t23-,25-. The van der Waals surface area contributed by atoms with Crippen molar-refractivity contribution in [3.63, 3.8) is 0 Å². The zero-order valence-corrected chi connectivity index (χ0v) is 19.4. The van der Waals surface area contributed by atoms with Gasteiger partial charge in [0.2, 0.25) is 0 Å². The molecule has 0 amide bonds. The molecule has 1 heterocycles. The van der Waals surface area contributed by atoms with Gasteiger partial charge in [-0.25, -0.2) is 9.97 Å². The van der Waals surface area contributed by atoms with Gasteiger partial charge in [-0.1, -0.05) is 102 Å². The molecule has 0 atom stereocenters. The Bertz CT molecular complexity index is 696. The maximum atomic E-state index is 4.68. The molecule has 0 saturated heterocycles. The predicted molar refractivity (Wildman–Crippen MR) is 129 cm³/mol. The van der Waals surface area contributed by atoms with Gasteiger partial charge in [0.15, 0.2) is 0 Å². The van der Waals surface area contributed by atoms with Gasteiger partial charge >= 0.3 is 0 Å². The fourth-order valence-corrected chi connectivity index (χ4v) is 4.90. The zero-order chi connectivity index (χ0) is 21.0. The number of benzene rings is 1. The third-order valence-electron chi connectivity index (χ3n) is 7.02. The molecule has 1 aromatic carbocycles. The van der Waals surface area contributed by atoms with Gasteiger partial charge in [-0.15, -0.1) is 0 Å². The number of nitrogens with zero attached hydrogens (tertiary/aromatic N) is 2. The Morgan fingerprint density at radius 1 is 0.667 bits per heavy atom. The van der Waals surface area contributed by atoms with Gasteiger partial charge in [0.05, 0.1) is 0 Å². The average molecular weight is 407 g/mol. The lowest BCUT2D eigenvalue weighted by Crippen LogP contribution is -2.15. The quantitative estimate of drug-likeness (QED) is 0.332. The van der Waals surface area contributed by atoms with Gasteiger partial charge in [0.1, 0.15) is 5.82 Å². The summed E-state index contributed by atoms with van der Waals surface area (Å²) in [6, 6.07) is 8.96. The van der Waals surface area contributed by atoms with Crippen molar-refractivity contribution in [3.8, 4) is 11.1 Å². The van der Waals surface area contributed by atoms with Crippen molar-refractivity contribution in [2.45, 2.75) is 104 Å². The summed E-state index contributed by atoms with van der Waals surface area (Å²) >= 11 is 0. The van der Waals surface area contributed by atoms with Crippen LogP contribution in [0.1, 0.15) is 102 Å². The largest absolute Gasteiger partial charge is 0.241 e. The maximum absolute atomic E-state index is 4.68. The molecule has 0 N–H and O–H groups in total. The van der Waals surface area contributed by atoms with E-state index >= 15 is 0 Å². The Morgan fingerprint density at radius 2 is 1.27 bits per heavy atom. The van der Waals surface area contributed by atoms with Gasteiger partial charge in [0, 0.05) is 24.4 Å². The first-order valence-corrected chi connectivity index (χ1v) is 12.7. The van der Waals surface area contributed by atoms with E-state index in [-0.39, 0.29) is 0 Å². The summed E-state index contributed by atoms with van der Waals surface area (Å²) in [5.41, 5.74) is 3.79. The minimum absolute atomic E-state index is 0.885.